The number of nitrogens with zero attached hydrogens (tertiary/aromatic N) is 3. The van der Waals surface area contributed by atoms with E-state index in [1.807, 2.05) is 48.5 Å². The molecule has 0 aliphatic carbocycles. The second-order valence-corrected chi connectivity index (χ2v) is 5.43. The van der Waals surface area contributed by atoms with Crippen LogP contribution in [0.15, 0.2) is 55.0 Å². The Labute approximate surface area is 135 Å². The van der Waals surface area contributed by atoms with E-state index in [-0.39, 0.29) is 6.67 Å². The number of fused-ring (bicyclic) bond motifs is 1. The molecular weight excluding hydrogens is 291 g/mol. The van der Waals surface area contributed by atoms with Crippen molar-refractivity contribution in [3.8, 4) is 0 Å². The largest absolute Gasteiger partial charge is 0.373 e. The van der Waals surface area contributed by atoms with Gasteiger partial charge in [-0.3, -0.25) is 9.37 Å². The van der Waals surface area contributed by atoms with Gasteiger partial charge in [0.2, 0.25) is 0 Å². The van der Waals surface area contributed by atoms with Crippen LogP contribution in [0.2, 0.25) is 0 Å². The van der Waals surface area contributed by atoms with Crippen molar-refractivity contribution < 1.29 is 4.39 Å². The highest BCUT2D eigenvalue weighted by Crippen LogP contribution is 2.22. The van der Waals surface area contributed by atoms with E-state index in [0.29, 0.717) is 13.0 Å². The molecule has 3 rings (SSSR count). The summed E-state index contributed by atoms with van der Waals surface area (Å²) in [5.74, 6) is 0.779. The second-order valence-electron chi connectivity index (χ2n) is 5.43. The minimum atomic E-state index is -0.297. The molecule has 0 saturated heterocycles. The van der Waals surface area contributed by atoms with Crippen LogP contribution in [0.25, 0.3) is 10.8 Å². The summed E-state index contributed by atoms with van der Waals surface area (Å²) in [6.07, 6.45) is 5.96. The van der Waals surface area contributed by atoms with Crippen molar-refractivity contribution in [3.63, 3.8) is 0 Å². The maximum absolute atomic E-state index is 12.2. The fraction of sp³-hybridized carbons (Fsp3) is 0.222. The molecule has 0 amide bonds. The molecule has 0 bridgehead atoms. The first-order chi connectivity index (χ1) is 11.3. The molecule has 0 unspecified atom stereocenters. The van der Waals surface area contributed by atoms with E-state index in [1.165, 1.54) is 0 Å². The van der Waals surface area contributed by atoms with Crippen molar-refractivity contribution in [2.24, 2.45) is 0 Å². The zero-order valence-corrected chi connectivity index (χ0v) is 13.0. The summed E-state index contributed by atoms with van der Waals surface area (Å²) in [4.78, 5) is 10.5. The Morgan fingerprint density at radius 1 is 1.09 bits per heavy atom. The molecule has 0 spiro atoms. The van der Waals surface area contributed by atoms with Gasteiger partial charge in [-0.15, -0.1) is 0 Å². The summed E-state index contributed by atoms with van der Waals surface area (Å²) in [5.41, 5.74) is 1.96. The van der Waals surface area contributed by atoms with Gasteiger partial charge in [-0.1, -0.05) is 6.07 Å². The van der Waals surface area contributed by atoms with Gasteiger partial charge < -0.3 is 10.2 Å². The third-order valence-electron chi connectivity index (χ3n) is 3.73. The van der Waals surface area contributed by atoms with Crippen LogP contribution in [0.4, 0.5) is 21.6 Å². The first-order valence-electron chi connectivity index (χ1n) is 7.60. The topological polar surface area (TPSA) is 41.0 Å². The summed E-state index contributed by atoms with van der Waals surface area (Å²) in [5, 5.41) is 5.53. The number of pyridine rings is 2. The highest BCUT2D eigenvalue weighted by atomic mass is 19.1. The van der Waals surface area contributed by atoms with E-state index in [0.717, 1.165) is 28.0 Å². The fourth-order valence-corrected chi connectivity index (χ4v) is 2.42. The highest BCUT2D eigenvalue weighted by molar-refractivity contribution is 5.85. The van der Waals surface area contributed by atoms with Crippen LogP contribution in [0.5, 0.6) is 0 Å². The Balaban J connectivity index is 1.71. The van der Waals surface area contributed by atoms with E-state index < -0.39 is 0 Å². The lowest BCUT2D eigenvalue weighted by molar-refractivity contribution is 0.474. The van der Waals surface area contributed by atoms with E-state index in [4.69, 9.17) is 0 Å². The lowest BCUT2D eigenvalue weighted by Gasteiger charge is -2.18. The molecule has 0 atom stereocenters. The van der Waals surface area contributed by atoms with Crippen molar-refractivity contribution in [1.29, 1.82) is 0 Å². The smallest absolute Gasteiger partial charge is 0.130 e. The molecule has 0 radical (unpaired) electrons. The maximum Gasteiger partial charge on any atom is 0.130 e. The first-order valence-corrected chi connectivity index (χ1v) is 7.60. The Bertz CT molecular complexity index is 773. The maximum atomic E-state index is 12.2. The molecule has 3 aromatic rings. The van der Waals surface area contributed by atoms with Gasteiger partial charge in [0.05, 0.1) is 18.6 Å². The molecule has 23 heavy (non-hydrogen) atoms. The van der Waals surface area contributed by atoms with Crippen molar-refractivity contribution in [2.75, 3.05) is 30.5 Å². The van der Waals surface area contributed by atoms with Gasteiger partial charge in [0, 0.05) is 37.1 Å². The van der Waals surface area contributed by atoms with Gasteiger partial charge in [0.1, 0.15) is 5.82 Å². The summed E-state index contributed by atoms with van der Waals surface area (Å²) >= 11 is 0. The number of hydrogen-bond acceptors (Lipinski definition) is 4. The third kappa shape index (κ3) is 3.74. The van der Waals surface area contributed by atoms with Crippen LogP contribution in [-0.2, 0) is 0 Å². The van der Waals surface area contributed by atoms with Crippen molar-refractivity contribution in [2.45, 2.75) is 6.42 Å². The molecule has 0 fully saturated rings. The highest BCUT2D eigenvalue weighted by Gasteiger charge is 2.03. The van der Waals surface area contributed by atoms with Crippen molar-refractivity contribution in [3.05, 3.63) is 55.0 Å². The number of benzene rings is 1. The van der Waals surface area contributed by atoms with Gasteiger partial charge in [0.25, 0.3) is 0 Å². The number of nitrogens with one attached hydrogen (secondary N) is 1. The van der Waals surface area contributed by atoms with E-state index >= 15 is 0 Å². The number of rotatable bonds is 6. The Hall–Kier alpha value is -2.69. The summed E-state index contributed by atoms with van der Waals surface area (Å²) in [6, 6.07) is 12.0. The number of hydrogen-bond donors (Lipinski definition) is 1. The zero-order chi connectivity index (χ0) is 16.1. The fourth-order valence-electron chi connectivity index (χ4n) is 2.42. The lowest BCUT2D eigenvalue weighted by atomic mass is 10.1. The number of halogens is 1. The number of aromatic nitrogens is 2. The van der Waals surface area contributed by atoms with Gasteiger partial charge >= 0.3 is 0 Å². The Morgan fingerprint density at radius 3 is 2.78 bits per heavy atom. The minimum absolute atomic E-state index is 0.297. The van der Waals surface area contributed by atoms with Gasteiger partial charge in [-0.2, -0.15) is 0 Å². The SMILES string of the molecule is CN(CCCF)c1ccc(Nc2ccc3cnccc3c2)nc1. The lowest BCUT2D eigenvalue weighted by Crippen LogP contribution is -2.19. The van der Waals surface area contributed by atoms with Crippen LogP contribution >= 0.6 is 0 Å². The quantitative estimate of drug-likeness (QED) is 0.742. The molecule has 0 aliphatic heterocycles. The van der Waals surface area contributed by atoms with Gasteiger partial charge in [-0.25, -0.2) is 4.98 Å². The van der Waals surface area contributed by atoms with E-state index in [9.17, 15) is 4.39 Å². The van der Waals surface area contributed by atoms with Crippen LogP contribution in [0.1, 0.15) is 6.42 Å². The summed E-state index contributed by atoms with van der Waals surface area (Å²) in [6.45, 7) is 0.387. The summed E-state index contributed by atoms with van der Waals surface area (Å²) < 4.78 is 12.2. The normalized spacial score (nSPS) is 10.7. The number of alkyl halides is 1. The zero-order valence-electron chi connectivity index (χ0n) is 13.0. The van der Waals surface area contributed by atoms with E-state index in [1.54, 1.807) is 12.4 Å². The molecule has 4 nitrogen and oxygen atoms in total. The van der Waals surface area contributed by atoms with Crippen LogP contribution in [0.3, 0.4) is 0 Å². The Kier molecular flexibility index (Phi) is 4.66. The predicted molar refractivity (Wildman–Crippen MR) is 93.1 cm³/mol. The molecule has 5 heteroatoms. The van der Waals surface area contributed by atoms with Crippen LogP contribution in [0, 0.1) is 0 Å². The average molecular weight is 310 g/mol. The van der Waals surface area contributed by atoms with E-state index in [2.05, 4.69) is 21.4 Å². The molecule has 2 heterocycles. The molecule has 0 saturated carbocycles. The molecular formula is C18H19FN4. The van der Waals surface area contributed by atoms with Gasteiger partial charge in [-0.05, 0) is 42.1 Å². The third-order valence-corrected chi connectivity index (χ3v) is 3.73. The monoisotopic (exact) mass is 310 g/mol. The molecule has 1 N–H and O–H groups in total. The van der Waals surface area contributed by atoms with Crippen molar-refractivity contribution in [1.82, 2.24) is 9.97 Å². The molecule has 2 aromatic heterocycles. The molecule has 0 aliphatic rings. The summed E-state index contributed by atoms with van der Waals surface area (Å²) in [7, 11) is 1.94. The molecule has 118 valence electrons. The average Bonchev–Trinajstić information content (AvgIpc) is 2.60. The minimum Gasteiger partial charge on any atom is -0.373 e. The van der Waals surface area contributed by atoms with Crippen LogP contribution < -0.4 is 10.2 Å². The predicted octanol–water partition coefficient (Wildman–Crippen LogP) is 4.17. The molecule has 1 aromatic carbocycles. The standard InChI is InChI=1S/C18H19FN4/c1-23(10-2-8-19)17-5-6-18(21-13-17)22-16-4-3-15-12-20-9-7-14(15)11-16/h3-7,9,11-13H,2,8,10H2,1H3,(H,21,22). The van der Waals surface area contributed by atoms with Gasteiger partial charge in [0.15, 0.2) is 0 Å². The first kappa shape index (κ1) is 15.2. The number of anilines is 3. The Morgan fingerprint density at radius 2 is 2.00 bits per heavy atom. The van der Waals surface area contributed by atoms with Crippen molar-refractivity contribution >= 4 is 28.0 Å². The van der Waals surface area contributed by atoms with Crippen LogP contribution in [-0.4, -0.2) is 30.2 Å². The second kappa shape index (κ2) is 7.05.